The predicted octanol–water partition coefficient (Wildman–Crippen LogP) is 2.85. The molecule has 4 nitrogen and oxygen atoms in total. The summed E-state index contributed by atoms with van der Waals surface area (Å²) in [4.78, 5) is 11.8. The average molecular weight is 331 g/mol. The van der Waals surface area contributed by atoms with E-state index in [4.69, 9.17) is 4.74 Å². The molecule has 0 radical (unpaired) electrons. The van der Waals surface area contributed by atoms with Crippen molar-refractivity contribution >= 4 is 5.78 Å². The number of rotatable bonds is 6. The van der Waals surface area contributed by atoms with Gasteiger partial charge in [0.15, 0.2) is 0 Å². The summed E-state index contributed by atoms with van der Waals surface area (Å²) in [5.41, 5.74) is 0.617. The Hall–Kier alpha value is -1.60. The standard InChI is InChI=1S/C16H20F3NO3/c1-11(21)15(20-13-5-7-22-8-6-13)10-12-3-2-4-14(9-12)23-16(17,18)19/h2-4,9,13,15,20H,5-8,10H2,1H3. The van der Waals surface area contributed by atoms with Gasteiger partial charge in [-0.2, -0.15) is 0 Å². The van der Waals surface area contributed by atoms with Crippen molar-refractivity contribution in [3.05, 3.63) is 29.8 Å². The Balaban J connectivity index is 2.01. The molecule has 1 N–H and O–H groups in total. The maximum Gasteiger partial charge on any atom is 0.573 e. The Morgan fingerprint density at radius 2 is 2.09 bits per heavy atom. The van der Waals surface area contributed by atoms with E-state index in [1.807, 2.05) is 0 Å². The molecule has 0 aromatic heterocycles. The first kappa shape index (κ1) is 17.7. The molecule has 1 aromatic carbocycles. The lowest BCUT2D eigenvalue weighted by Crippen LogP contribution is -2.46. The first-order valence-corrected chi connectivity index (χ1v) is 7.52. The molecular weight excluding hydrogens is 311 g/mol. The van der Waals surface area contributed by atoms with Crippen LogP contribution in [0.2, 0.25) is 0 Å². The van der Waals surface area contributed by atoms with Gasteiger partial charge in [0.2, 0.25) is 0 Å². The van der Waals surface area contributed by atoms with Gasteiger partial charge in [-0.25, -0.2) is 0 Å². The summed E-state index contributed by atoms with van der Waals surface area (Å²) >= 11 is 0. The molecule has 1 unspecified atom stereocenters. The van der Waals surface area contributed by atoms with Gasteiger partial charge >= 0.3 is 6.36 Å². The SMILES string of the molecule is CC(=O)C(Cc1cccc(OC(F)(F)F)c1)NC1CCOCC1. The number of alkyl halides is 3. The van der Waals surface area contributed by atoms with Crippen molar-refractivity contribution in [1.82, 2.24) is 5.32 Å². The molecule has 1 saturated heterocycles. The molecule has 1 aromatic rings. The fourth-order valence-electron chi connectivity index (χ4n) is 2.57. The fraction of sp³-hybridized carbons (Fsp3) is 0.562. The van der Waals surface area contributed by atoms with Crippen molar-refractivity contribution < 1.29 is 27.4 Å². The number of ether oxygens (including phenoxy) is 2. The molecule has 7 heteroatoms. The summed E-state index contributed by atoms with van der Waals surface area (Å²) in [6.45, 7) is 2.78. The number of hydrogen-bond donors (Lipinski definition) is 1. The van der Waals surface area contributed by atoms with Crippen molar-refractivity contribution in [2.75, 3.05) is 13.2 Å². The minimum absolute atomic E-state index is 0.0429. The molecule has 1 fully saturated rings. The minimum atomic E-state index is -4.72. The quantitative estimate of drug-likeness (QED) is 0.871. The molecule has 1 atom stereocenters. The molecule has 1 aliphatic heterocycles. The molecule has 2 rings (SSSR count). The zero-order chi connectivity index (χ0) is 16.9. The van der Waals surface area contributed by atoms with Crippen molar-refractivity contribution in [2.24, 2.45) is 0 Å². The van der Waals surface area contributed by atoms with E-state index in [-0.39, 0.29) is 17.6 Å². The summed E-state index contributed by atoms with van der Waals surface area (Å²) in [5, 5.41) is 3.28. The van der Waals surface area contributed by atoms with E-state index in [1.165, 1.54) is 25.1 Å². The maximum atomic E-state index is 12.3. The van der Waals surface area contributed by atoms with Gasteiger partial charge in [-0.3, -0.25) is 4.79 Å². The van der Waals surface area contributed by atoms with Crippen LogP contribution in [0, 0.1) is 0 Å². The van der Waals surface area contributed by atoms with Crippen molar-refractivity contribution in [2.45, 2.75) is 44.6 Å². The van der Waals surface area contributed by atoms with E-state index < -0.39 is 12.4 Å². The number of Topliss-reactive ketones (excluding diaryl/α,β-unsaturated/α-hetero) is 1. The van der Waals surface area contributed by atoms with Gasteiger partial charge in [-0.1, -0.05) is 12.1 Å². The lowest BCUT2D eigenvalue weighted by Gasteiger charge is -2.27. The minimum Gasteiger partial charge on any atom is -0.406 e. The second kappa shape index (κ2) is 7.79. The van der Waals surface area contributed by atoms with Crippen LogP contribution < -0.4 is 10.1 Å². The van der Waals surface area contributed by atoms with Gasteiger partial charge in [0.05, 0.1) is 6.04 Å². The lowest BCUT2D eigenvalue weighted by molar-refractivity contribution is -0.274. The number of carbonyl (C=O) groups is 1. The smallest absolute Gasteiger partial charge is 0.406 e. The Bertz CT molecular complexity index is 528. The van der Waals surface area contributed by atoms with E-state index >= 15 is 0 Å². The molecule has 0 saturated carbocycles. The molecule has 0 amide bonds. The van der Waals surface area contributed by atoms with Crippen LogP contribution in [0.4, 0.5) is 13.2 Å². The Morgan fingerprint density at radius 3 is 2.70 bits per heavy atom. The van der Waals surface area contributed by atoms with Crippen molar-refractivity contribution in [3.63, 3.8) is 0 Å². The van der Waals surface area contributed by atoms with E-state index in [9.17, 15) is 18.0 Å². The first-order chi connectivity index (χ1) is 10.8. The molecule has 23 heavy (non-hydrogen) atoms. The topological polar surface area (TPSA) is 47.6 Å². The normalized spacial score (nSPS) is 17.7. The first-order valence-electron chi connectivity index (χ1n) is 7.52. The van der Waals surface area contributed by atoms with Gasteiger partial charge in [0.25, 0.3) is 0 Å². The summed E-state index contributed by atoms with van der Waals surface area (Å²) in [7, 11) is 0. The summed E-state index contributed by atoms with van der Waals surface area (Å²) in [6, 6.07) is 5.49. The van der Waals surface area contributed by atoms with Crippen LogP contribution in [0.3, 0.4) is 0 Å². The average Bonchev–Trinajstić information content (AvgIpc) is 2.46. The van der Waals surface area contributed by atoms with Crippen LogP contribution in [-0.2, 0) is 16.0 Å². The van der Waals surface area contributed by atoms with Crippen molar-refractivity contribution in [3.8, 4) is 5.75 Å². The lowest BCUT2D eigenvalue weighted by atomic mass is 10.00. The zero-order valence-corrected chi connectivity index (χ0v) is 12.9. The second-order valence-electron chi connectivity index (χ2n) is 5.62. The maximum absolute atomic E-state index is 12.3. The monoisotopic (exact) mass is 331 g/mol. The number of hydrogen-bond acceptors (Lipinski definition) is 4. The van der Waals surface area contributed by atoms with Gasteiger partial charge in [-0.05, 0) is 43.9 Å². The molecule has 0 aliphatic carbocycles. The summed E-state index contributed by atoms with van der Waals surface area (Å²) in [5.74, 6) is -0.318. The van der Waals surface area contributed by atoms with E-state index in [2.05, 4.69) is 10.1 Å². The highest BCUT2D eigenvalue weighted by atomic mass is 19.4. The molecule has 128 valence electrons. The van der Waals surface area contributed by atoms with Crippen LogP contribution in [0.1, 0.15) is 25.3 Å². The highest BCUT2D eigenvalue weighted by Gasteiger charge is 2.31. The van der Waals surface area contributed by atoms with Gasteiger partial charge in [-0.15, -0.1) is 13.2 Å². The largest absolute Gasteiger partial charge is 0.573 e. The molecule has 1 heterocycles. The van der Waals surface area contributed by atoms with Crippen LogP contribution in [0.25, 0.3) is 0 Å². The number of nitrogens with one attached hydrogen (secondary N) is 1. The third kappa shape index (κ3) is 6.19. The molecular formula is C16H20F3NO3. The number of ketones is 1. The van der Waals surface area contributed by atoms with E-state index in [1.54, 1.807) is 6.07 Å². The highest BCUT2D eigenvalue weighted by molar-refractivity contribution is 5.81. The van der Waals surface area contributed by atoms with E-state index in [0.29, 0.717) is 25.2 Å². The Labute approximate surface area is 133 Å². The third-order valence-corrected chi connectivity index (χ3v) is 3.72. The highest BCUT2D eigenvalue weighted by Crippen LogP contribution is 2.24. The van der Waals surface area contributed by atoms with E-state index in [0.717, 1.165) is 12.8 Å². The Kier molecular flexibility index (Phi) is 6.01. The van der Waals surface area contributed by atoms with Crippen LogP contribution in [-0.4, -0.2) is 37.4 Å². The number of halogens is 3. The van der Waals surface area contributed by atoms with Crippen LogP contribution >= 0.6 is 0 Å². The third-order valence-electron chi connectivity index (χ3n) is 3.72. The summed E-state index contributed by atoms with van der Waals surface area (Å²) in [6.07, 6.45) is -2.76. The van der Waals surface area contributed by atoms with Crippen LogP contribution in [0.15, 0.2) is 24.3 Å². The zero-order valence-electron chi connectivity index (χ0n) is 12.9. The summed E-state index contributed by atoms with van der Waals surface area (Å²) < 4.78 is 46.0. The van der Waals surface area contributed by atoms with Gasteiger partial charge < -0.3 is 14.8 Å². The van der Waals surface area contributed by atoms with Crippen LogP contribution in [0.5, 0.6) is 5.75 Å². The van der Waals surface area contributed by atoms with Crippen molar-refractivity contribution in [1.29, 1.82) is 0 Å². The second-order valence-corrected chi connectivity index (χ2v) is 5.62. The molecule has 0 spiro atoms. The number of benzene rings is 1. The number of carbonyl (C=O) groups excluding carboxylic acids is 1. The predicted molar refractivity (Wildman–Crippen MR) is 78.3 cm³/mol. The molecule has 0 bridgehead atoms. The van der Waals surface area contributed by atoms with Gasteiger partial charge in [0.1, 0.15) is 11.5 Å². The Morgan fingerprint density at radius 1 is 1.39 bits per heavy atom. The fourth-order valence-corrected chi connectivity index (χ4v) is 2.57. The van der Waals surface area contributed by atoms with Gasteiger partial charge in [0, 0.05) is 19.3 Å². The molecule has 1 aliphatic rings.